The van der Waals surface area contributed by atoms with Crippen molar-refractivity contribution in [1.82, 2.24) is 4.90 Å². The molecule has 0 bridgehead atoms. The maximum Gasteiger partial charge on any atom is 0.265 e. The van der Waals surface area contributed by atoms with Gasteiger partial charge < -0.3 is 19.3 Å². The van der Waals surface area contributed by atoms with Gasteiger partial charge in [0.2, 0.25) is 0 Å². The Kier molecular flexibility index (Phi) is 5.89. The first-order chi connectivity index (χ1) is 15.0. The van der Waals surface area contributed by atoms with Crippen LogP contribution in [0.1, 0.15) is 0 Å². The standard InChI is InChI=1S/C25H24N2O4/c1-26(2)25(29)23-16-27(20-13-7-9-15-22(20)31-23)24(28)17-30-21-14-8-6-12-19(21)18-10-4-3-5-11-18/h3-15,23H,16-17H2,1-2H3/t23-/m1/s1. The number of anilines is 1. The fourth-order valence-corrected chi connectivity index (χ4v) is 3.55. The van der Waals surface area contributed by atoms with Crippen molar-refractivity contribution in [2.45, 2.75) is 6.10 Å². The third kappa shape index (κ3) is 4.38. The highest BCUT2D eigenvalue weighted by molar-refractivity contribution is 5.98. The fourth-order valence-electron chi connectivity index (χ4n) is 3.55. The molecule has 0 aliphatic carbocycles. The summed E-state index contributed by atoms with van der Waals surface area (Å²) in [5.74, 6) is 0.703. The zero-order chi connectivity index (χ0) is 21.8. The van der Waals surface area contributed by atoms with Crippen LogP contribution in [0.4, 0.5) is 5.69 Å². The first-order valence-corrected chi connectivity index (χ1v) is 10.1. The number of hydrogen-bond acceptors (Lipinski definition) is 4. The Balaban J connectivity index is 1.54. The number of fused-ring (bicyclic) bond motifs is 1. The molecular weight excluding hydrogens is 392 g/mol. The summed E-state index contributed by atoms with van der Waals surface area (Å²) in [5, 5.41) is 0. The van der Waals surface area contributed by atoms with Crippen LogP contribution in [0.5, 0.6) is 11.5 Å². The Labute approximate surface area is 181 Å². The molecule has 0 aromatic heterocycles. The lowest BCUT2D eigenvalue weighted by Crippen LogP contribution is -2.51. The minimum Gasteiger partial charge on any atom is -0.483 e. The lowest BCUT2D eigenvalue weighted by molar-refractivity contribution is -0.136. The largest absolute Gasteiger partial charge is 0.483 e. The molecule has 6 heteroatoms. The van der Waals surface area contributed by atoms with Gasteiger partial charge in [-0.05, 0) is 23.8 Å². The normalized spacial score (nSPS) is 14.9. The monoisotopic (exact) mass is 416 g/mol. The van der Waals surface area contributed by atoms with E-state index in [1.165, 1.54) is 4.90 Å². The van der Waals surface area contributed by atoms with Gasteiger partial charge >= 0.3 is 0 Å². The van der Waals surface area contributed by atoms with Crippen molar-refractivity contribution in [2.24, 2.45) is 0 Å². The number of carbonyl (C=O) groups excluding carboxylic acids is 2. The van der Waals surface area contributed by atoms with Gasteiger partial charge in [-0.2, -0.15) is 0 Å². The predicted molar refractivity (Wildman–Crippen MR) is 119 cm³/mol. The molecule has 4 rings (SSSR count). The predicted octanol–water partition coefficient (Wildman–Crippen LogP) is 3.61. The third-order valence-electron chi connectivity index (χ3n) is 5.11. The van der Waals surface area contributed by atoms with E-state index >= 15 is 0 Å². The van der Waals surface area contributed by atoms with E-state index in [1.807, 2.05) is 72.8 Å². The molecule has 31 heavy (non-hydrogen) atoms. The maximum atomic E-state index is 13.1. The summed E-state index contributed by atoms with van der Waals surface area (Å²) in [5.41, 5.74) is 2.56. The van der Waals surface area contributed by atoms with Gasteiger partial charge in [-0.15, -0.1) is 0 Å². The summed E-state index contributed by atoms with van der Waals surface area (Å²) in [4.78, 5) is 28.7. The molecule has 158 valence electrons. The highest BCUT2D eigenvalue weighted by Gasteiger charge is 2.34. The molecule has 0 unspecified atom stereocenters. The number of ether oxygens (including phenoxy) is 2. The molecule has 1 heterocycles. The van der Waals surface area contributed by atoms with E-state index in [0.717, 1.165) is 11.1 Å². The molecule has 0 spiro atoms. The number of para-hydroxylation sites is 3. The molecule has 3 aromatic rings. The smallest absolute Gasteiger partial charge is 0.265 e. The van der Waals surface area contributed by atoms with Crippen LogP contribution in [0.15, 0.2) is 78.9 Å². The van der Waals surface area contributed by atoms with Crippen LogP contribution in [0.25, 0.3) is 11.1 Å². The minimum atomic E-state index is -0.759. The molecule has 0 saturated heterocycles. The molecular formula is C25H24N2O4. The first-order valence-electron chi connectivity index (χ1n) is 10.1. The molecule has 1 atom stereocenters. The quantitative estimate of drug-likeness (QED) is 0.638. The van der Waals surface area contributed by atoms with Crippen molar-refractivity contribution in [3.63, 3.8) is 0 Å². The van der Waals surface area contributed by atoms with E-state index in [1.54, 1.807) is 25.1 Å². The molecule has 1 aliphatic rings. The second-order valence-corrected chi connectivity index (χ2v) is 7.46. The zero-order valence-electron chi connectivity index (χ0n) is 17.5. The number of carbonyl (C=O) groups is 2. The number of amides is 2. The molecule has 2 amide bonds. The Morgan fingerprint density at radius 2 is 1.65 bits per heavy atom. The number of likely N-dealkylation sites (N-methyl/N-ethyl adjacent to an activating group) is 1. The topological polar surface area (TPSA) is 59.1 Å². The second-order valence-electron chi connectivity index (χ2n) is 7.46. The summed E-state index contributed by atoms with van der Waals surface area (Å²) in [6.45, 7) is -0.0163. The average Bonchev–Trinajstić information content (AvgIpc) is 2.82. The first kappa shape index (κ1) is 20.5. The van der Waals surface area contributed by atoms with Crippen LogP contribution in [-0.2, 0) is 9.59 Å². The van der Waals surface area contributed by atoms with Crippen molar-refractivity contribution in [3.8, 4) is 22.6 Å². The highest BCUT2D eigenvalue weighted by atomic mass is 16.5. The summed E-state index contributed by atoms with van der Waals surface area (Å²) in [6.07, 6.45) is -0.759. The Hall–Kier alpha value is -3.80. The Morgan fingerprint density at radius 1 is 0.968 bits per heavy atom. The van der Waals surface area contributed by atoms with E-state index in [0.29, 0.717) is 17.2 Å². The summed E-state index contributed by atoms with van der Waals surface area (Å²) >= 11 is 0. The molecule has 0 saturated carbocycles. The SMILES string of the molecule is CN(C)C(=O)[C@H]1CN(C(=O)COc2ccccc2-c2ccccc2)c2ccccc2O1. The lowest BCUT2D eigenvalue weighted by atomic mass is 10.1. The van der Waals surface area contributed by atoms with E-state index in [-0.39, 0.29) is 25.0 Å². The fraction of sp³-hybridized carbons (Fsp3) is 0.200. The van der Waals surface area contributed by atoms with Gasteiger partial charge in [0, 0.05) is 19.7 Å². The molecule has 0 N–H and O–H groups in total. The van der Waals surface area contributed by atoms with Gasteiger partial charge in [-0.1, -0.05) is 60.7 Å². The van der Waals surface area contributed by atoms with Crippen molar-refractivity contribution in [2.75, 3.05) is 32.1 Å². The van der Waals surface area contributed by atoms with Gasteiger partial charge in [0.15, 0.2) is 12.7 Å². The van der Waals surface area contributed by atoms with E-state index < -0.39 is 6.10 Å². The van der Waals surface area contributed by atoms with Crippen LogP contribution in [-0.4, -0.2) is 50.1 Å². The molecule has 6 nitrogen and oxygen atoms in total. The summed E-state index contributed by atoms with van der Waals surface area (Å²) in [6, 6.07) is 24.7. The van der Waals surface area contributed by atoms with Crippen molar-refractivity contribution < 1.29 is 19.1 Å². The summed E-state index contributed by atoms with van der Waals surface area (Å²) in [7, 11) is 3.34. The van der Waals surface area contributed by atoms with Crippen LogP contribution in [0, 0.1) is 0 Å². The van der Waals surface area contributed by atoms with E-state index in [4.69, 9.17) is 9.47 Å². The number of hydrogen-bond donors (Lipinski definition) is 0. The Bertz CT molecular complexity index is 1080. The van der Waals surface area contributed by atoms with Crippen molar-refractivity contribution in [3.05, 3.63) is 78.9 Å². The minimum absolute atomic E-state index is 0.135. The van der Waals surface area contributed by atoms with Crippen LogP contribution >= 0.6 is 0 Å². The molecule has 3 aromatic carbocycles. The lowest BCUT2D eigenvalue weighted by Gasteiger charge is -2.35. The van der Waals surface area contributed by atoms with Gasteiger partial charge in [0.25, 0.3) is 11.8 Å². The van der Waals surface area contributed by atoms with E-state index in [9.17, 15) is 9.59 Å². The van der Waals surface area contributed by atoms with E-state index in [2.05, 4.69) is 0 Å². The van der Waals surface area contributed by atoms with Crippen molar-refractivity contribution >= 4 is 17.5 Å². The number of nitrogens with zero attached hydrogens (tertiary/aromatic N) is 2. The Morgan fingerprint density at radius 3 is 2.42 bits per heavy atom. The van der Waals surface area contributed by atoms with Gasteiger partial charge in [0.1, 0.15) is 11.5 Å². The molecule has 1 aliphatic heterocycles. The maximum absolute atomic E-state index is 13.1. The van der Waals surface area contributed by atoms with Crippen LogP contribution < -0.4 is 14.4 Å². The number of benzene rings is 3. The summed E-state index contributed by atoms with van der Waals surface area (Å²) < 4.78 is 11.8. The average molecular weight is 416 g/mol. The number of rotatable bonds is 5. The van der Waals surface area contributed by atoms with Crippen LogP contribution in [0.3, 0.4) is 0 Å². The highest BCUT2D eigenvalue weighted by Crippen LogP contribution is 2.34. The van der Waals surface area contributed by atoms with Gasteiger partial charge in [-0.25, -0.2) is 0 Å². The zero-order valence-corrected chi connectivity index (χ0v) is 17.5. The second kappa shape index (κ2) is 8.92. The van der Waals surface area contributed by atoms with Crippen LogP contribution in [0.2, 0.25) is 0 Å². The van der Waals surface area contributed by atoms with Gasteiger partial charge in [0.05, 0.1) is 12.2 Å². The molecule has 0 radical (unpaired) electrons. The third-order valence-corrected chi connectivity index (χ3v) is 5.11. The molecule has 0 fully saturated rings. The van der Waals surface area contributed by atoms with Gasteiger partial charge in [-0.3, -0.25) is 9.59 Å². The van der Waals surface area contributed by atoms with Crippen molar-refractivity contribution in [1.29, 1.82) is 0 Å².